The summed E-state index contributed by atoms with van der Waals surface area (Å²) in [6.07, 6.45) is 0. The molecule has 15 nitrogen and oxygen atoms in total. The number of para-hydroxylation sites is 14. The van der Waals surface area contributed by atoms with Gasteiger partial charge < -0.3 is 0 Å². The van der Waals surface area contributed by atoms with Gasteiger partial charge in [0.2, 0.25) is 29.2 Å². The lowest BCUT2D eigenvalue weighted by Gasteiger charge is -2.12. The van der Waals surface area contributed by atoms with Gasteiger partial charge in [0.15, 0.2) is 0 Å². The van der Waals surface area contributed by atoms with Crippen LogP contribution >= 0.6 is 0 Å². The number of fused-ring (bicyclic) bond motifs is 23. The number of imidazole rings is 7. The number of hydrogen-bond acceptors (Lipinski definition) is 7. The van der Waals surface area contributed by atoms with Gasteiger partial charge in [-0.25, -0.2) is 39.5 Å². The molecule has 0 unspecified atom stereocenters. The molecule has 0 fully saturated rings. The van der Waals surface area contributed by atoms with Crippen molar-refractivity contribution in [2.45, 2.75) is 0 Å². The summed E-state index contributed by atoms with van der Waals surface area (Å²) in [4.78, 5) is 36.6. The zero-order valence-electron chi connectivity index (χ0n) is 56.5. The highest BCUT2D eigenvalue weighted by atomic mass is 15.3. The standard InChI is InChI=1S/C46H28N8.C45H27N7/c1-2-12-29(13-3-1)30-22-24-31(25-23-30)43-33-14-4-5-15-34(33)47-44(50-43)54-41-21-11-10-20-40(41)53-42-28-32(26-27-36(42)49-46(53)54)51-38-18-8-9-19-39(38)52-37-17-7-6-16-35(37)48-45(51)52;1-2-14-31-28(12-1)13-11-16-32(31)43-33-15-3-4-17-34(33)46-44(48-43)52-40-23-10-8-21-38(40)50-41-27-30(25-24-29(41)26-42(50)52)49-37-20-7-9-22-39(37)51-36-19-6-5-18-35(36)47-45(49)51/h1-28H;1-27H. The predicted octanol–water partition coefficient (Wildman–Crippen LogP) is 21.0. The smallest absolute Gasteiger partial charge is 0.238 e. The Hall–Kier alpha value is -14.8. The maximum Gasteiger partial charge on any atom is 0.238 e. The van der Waals surface area contributed by atoms with E-state index in [1.54, 1.807) is 0 Å². The molecule has 24 rings (SSSR count). The normalized spacial score (nSPS) is 12.2. The average molecular weight is 1360 g/mol. The Kier molecular flexibility index (Phi) is 12.2. The van der Waals surface area contributed by atoms with Crippen molar-refractivity contribution in [3.05, 3.63) is 334 Å². The Balaban J connectivity index is 0.000000129. The molecular weight excluding hydrogens is 1300 g/mol. The van der Waals surface area contributed by atoms with Crippen molar-refractivity contribution >= 4 is 144 Å². The molecular formula is C91H55N15. The second-order valence-electron chi connectivity index (χ2n) is 27.0. The van der Waals surface area contributed by atoms with Gasteiger partial charge in [-0.3, -0.25) is 31.3 Å². The lowest BCUT2D eigenvalue weighted by atomic mass is 9.99. The molecule has 0 radical (unpaired) electrons. The Morgan fingerprint density at radius 3 is 1.22 bits per heavy atom. The third-order valence-corrected chi connectivity index (χ3v) is 21.2. The monoisotopic (exact) mass is 1360 g/mol. The number of nitrogens with zero attached hydrogens (tertiary/aromatic N) is 15. The minimum absolute atomic E-state index is 0.569. The first-order valence-electron chi connectivity index (χ1n) is 35.5. The van der Waals surface area contributed by atoms with Crippen LogP contribution in [0.5, 0.6) is 0 Å². The Morgan fingerprint density at radius 2 is 0.604 bits per heavy atom. The van der Waals surface area contributed by atoms with E-state index in [1.165, 1.54) is 16.3 Å². The van der Waals surface area contributed by atoms with Gasteiger partial charge in [0.05, 0.1) is 117 Å². The van der Waals surface area contributed by atoms with Crippen molar-refractivity contribution in [1.29, 1.82) is 0 Å². The average Bonchev–Trinajstić information content (AvgIpc) is 1.57. The summed E-state index contributed by atoms with van der Waals surface area (Å²) in [6, 6.07) is 117. The fraction of sp³-hybridized carbons (Fsp3) is 0. The highest BCUT2D eigenvalue weighted by molar-refractivity contribution is 6.05. The van der Waals surface area contributed by atoms with E-state index in [0.29, 0.717) is 11.9 Å². The zero-order chi connectivity index (χ0) is 69.2. The lowest BCUT2D eigenvalue weighted by Crippen LogP contribution is -2.04. The van der Waals surface area contributed by atoms with Gasteiger partial charge in [0.25, 0.3) is 0 Å². The molecule has 0 spiro atoms. The largest absolute Gasteiger partial charge is 0.293 e. The van der Waals surface area contributed by atoms with Crippen LogP contribution in [-0.2, 0) is 0 Å². The van der Waals surface area contributed by atoms with Crippen LogP contribution in [-0.4, -0.2) is 70.8 Å². The molecule has 106 heavy (non-hydrogen) atoms. The van der Waals surface area contributed by atoms with E-state index < -0.39 is 0 Å². The SMILES string of the molecule is c1ccc(-c2ccc(-c3nc(-n4c5ccccc5n5c6cc(-n7c8ccccc8n8c9ccccc9nc78)ccc6nc45)nc4ccccc34)cc2)cc1.c1ccc2c(-c3nc(-n4c5ccccc5n5c6cc(-n7c8ccccc8n8c9ccccc9nc78)ccc6cc45)nc4ccccc34)cccc2c1. The van der Waals surface area contributed by atoms with E-state index in [1.807, 2.05) is 36.4 Å². The molecule has 15 heteroatoms. The van der Waals surface area contributed by atoms with E-state index in [4.69, 9.17) is 34.9 Å². The second-order valence-corrected chi connectivity index (χ2v) is 27.0. The van der Waals surface area contributed by atoms with Crippen LogP contribution in [0.1, 0.15) is 0 Å². The van der Waals surface area contributed by atoms with Crippen molar-refractivity contribution < 1.29 is 0 Å². The van der Waals surface area contributed by atoms with Gasteiger partial charge in [-0.2, -0.15) is 0 Å². The molecule has 0 N–H and O–H groups in total. The van der Waals surface area contributed by atoms with E-state index in [0.717, 1.165) is 172 Å². The first-order valence-corrected chi connectivity index (χ1v) is 35.5. The quantitative estimate of drug-likeness (QED) is 0.155. The molecule has 10 heterocycles. The summed E-state index contributed by atoms with van der Waals surface area (Å²) < 4.78 is 17.9. The first kappa shape index (κ1) is 57.9. The minimum Gasteiger partial charge on any atom is -0.293 e. The fourth-order valence-electron chi connectivity index (χ4n) is 16.5. The maximum atomic E-state index is 5.40. The maximum absolute atomic E-state index is 5.40. The first-order chi connectivity index (χ1) is 52.6. The van der Waals surface area contributed by atoms with Crippen LogP contribution in [0.4, 0.5) is 0 Å². The van der Waals surface area contributed by atoms with Crippen molar-refractivity contribution in [2.24, 2.45) is 0 Å². The Morgan fingerprint density at radius 1 is 0.198 bits per heavy atom. The van der Waals surface area contributed by atoms with Crippen molar-refractivity contribution in [1.82, 2.24) is 70.8 Å². The van der Waals surface area contributed by atoms with E-state index in [2.05, 4.69) is 333 Å². The van der Waals surface area contributed by atoms with Gasteiger partial charge in [-0.05, 0) is 143 Å². The van der Waals surface area contributed by atoms with Crippen molar-refractivity contribution in [3.8, 4) is 56.9 Å². The molecule has 0 aliphatic heterocycles. The summed E-state index contributed by atoms with van der Waals surface area (Å²) in [5.41, 5.74) is 26.7. The van der Waals surface area contributed by atoms with Gasteiger partial charge in [0, 0.05) is 27.3 Å². The minimum atomic E-state index is 0.569. The van der Waals surface area contributed by atoms with Crippen LogP contribution in [0.2, 0.25) is 0 Å². The Labute approximate surface area is 601 Å². The summed E-state index contributed by atoms with van der Waals surface area (Å²) in [7, 11) is 0. The summed E-state index contributed by atoms with van der Waals surface area (Å²) in [5.74, 6) is 3.72. The van der Waals surface area contributed by atoms with Crippen LogP contribution < -0.4 is 0 Å². The molecule has 0 saturated carbocycles. The van der Waals surface area contributed by atoms with E-state index in [9.17, 15) is 0 Å². The third-order valence-electron chi connectivity index (χ3n) is 21.2. The molecule has 0 saturated heterocycles. The molecule has 494 valence electrons. The predicted molar refractivity (Wildman–Crippen MR) is 427 cm³/mol. The lowest BCUT2D eigenvalue weighted by molar-refractivity contribution is 0.986. The highest BCUT2D eigenvalue weighted by Crippen LogP contribution is 2.40. The molecule has 0 bridgehead atoms. The Bertz CT molecular complexity index is 7780. The number of rotatable bonds is 7. The number of aromatic nitrogens is 15. The van der Waals surface area contributed by atoms with Crippen molar-refractivity contribution in [3.63, 3.8) is 0 Å². The van der Waals surface area contributed by atoms with Crippen LogP contribution in [0.25, 0.3) is 201 Å². The molecule has 0 amide bonds. The second kappa shape index (κ2) is 22.3. The summed E-state index contributed by atoms with van der Waals surface area (Å²) >= 11 is 0. The molecule has 0 atom stereocenters. The van der Waals surface area contributed by atoms with Gasteiger partial charge in [-0.1, -0.05) is 212 Å². The van der Waals surface area contributed by atoms with E-state index in [-0.39, 0.29) is 0 Å². The fourth-order valence-corrected chi connectivity index (χ4v) is 16.5. The highest BCUT2D eigenvalue weighted by Gasteiger charge is 2.26. The molecule has 0 aliphatic carbocycles. The van der Waals surface area contributed by atoms with Crippen molar-refractivity contribution in [2.75, 3.05) is 0 Å². The van der Waals surface area contributed by atoms with Gasteiger partial charge >= 0.3 is 0 Å². The summed E-state index contributed by atoms with van der Waals surface area (Å²) in [6.45, 7) is 0. The van der Waals surface area contributed by atoms with Gasteiger partial charge in [0.1, 0.15) is 5.65 Å². The molecule has 10 aromatic heterocycles. The molecule has 0 aliphatic rings. The molecule has 24 aromatic rings. The van der Waals surface area contributed by atoms with Crippen LogP contribution in [0, 0.1) is 0 Å². The zero-order valence-corrected chi connectivity index (χ0v) is 56.5. The van der Waals surface area contributed by atoms with E-state index >= 15 is 0 Å². The van der Waals surface area contributed by atoms with Crippen LogP contribution in [0.3, 0.4) is 0 Å². The third kappa shape index (κ3) is 8.46. The molecule has 14 aromatic carbocycles. The number of hydrogen-bond donors (Lipinski definition) is 0. The van der Waals surface area contributed by atoms with Gasteiger partial charge in [-0.15, -0.1) is 0 Å². The number of benzene rings is 14. The summed E-state index contributed by atoms with van der Waals surface area (Å²) in [5, 5.41) is 5.51. The van der Waals surface area contributed by atoms with Crippen LogP contribution in [0.15, 0.2) is 334 Å². The topological polar surface area (TPSA) is 128 Å².